The van der Waals surface area contributed by atoms with E-state index in [1.165, 1.54) is 5.56 Å². The lowest BCUT2D eigenvalue weighted by Crippen LogP contribution is -2.50. The molecule has 1 atom stereocenters. The van der Waals surface area contributed by atoms with Gasteiger partial charge in [-0.1, -0.05) is 66.7 Å². The number of nitrogens with zero attached hydrogens (tertiary/aromatic N) is 1. The largest absolute Gasteiger partial charge is 0.493 e. The molecule has 4 rings (SSSR count). The molecule has 0 aliphatic carbocycles. The summed E-state index contributed by atoms with van der Waals surface area (Å²) in [5.74, 6) is -0.820. The van der Waals surface area contributed by atoms with Crippen molar-refractivity contribution >= 4 is 35.1 Å². The number of benzene rings is 3. The Labute approximate surface area is 221 Å². The number of carbonyl (C=O) groups excluding carboxylic acids is 3. The Morgan fingerprint density at radius 3 is 2.35 bits per heavy atom. The van der Waals surface area contributed by atoms with E-state index in [2.05, 4.69) is 16.2 Å². The van der Waals surface area contributed by atoms with Crippen molar-refractivity contribution in [3.63, 3.8) is 0 Å². The summed E-state index contributed by atoms with van der Waals surface area (Å²) in [5.41, 5.74) is 7.58. The molecule has 3 N–H and O–H groups in total. The number of hydrogen-bond acceptors (Lipinski definition) is 5. The van der Waals surface area contributed by atoms with Gasteiger partial charge in [-0.05, 0) is 41.5 Å². The van der Waals surface area contributed by atoms with E-state index in [4.69, 9.17) is 17.0 Å². The van der Waals surface area contributed by atoms with Crippen LogP contribution in [-0.4, -0.2) is 40.9 Å². The highest BCUT2D eigenvalue weighted by atomic mass is 32.1. The summed E-state index contributed by atoms with van der Waals surface area (Å²) in [4.78, 5) is 39.2. The Morgan fingerprint density at radius 1 is 0.919 bits per heavy atom. The summed E-state index contributed by atoms with van der Waals surface area (Å²) in [7, 11) is 0. The molecule has 3 amide bonds. The smallest absolute Gasteiger partial charge is 0.257 e. The Morgan fingerprint density at radius 2 is 1.62 bits per heavy atom. The predicted octanol–water partition coefficient (Wildman–Crippen LogP) is 2.99. The fourth-order valence-corrected chi connectivity index (χ4v) is 4.13. The molecular weight excluding hydrogens is 488 g/mol. The first-order chi connectivity index (χ1) is 18.0. The van der Waals surface area contributed by atoms with Gasteiger partial charge >= 0.3 is 0 Å². The quantitative estimate of drug-likeness (QED) is 0.315. The van der Waals surface area contributed by atoms with Crippen molar-refractivity contribution in [2.24, 2.45) is 5.92 Å². The average Bonchev–Trinajstić information content (AvgIpc) is 3.28. The van der Waals surface area contributed by atoms with Crippen LogP contribution in [0.4, 0.5) is 0 Å². The molecule has 3 aromatic carbocycles. The molecule has 9 heteroatoms. The van der Waals surface area contributed by atoms with E-state index in [-0.39, 0.29) is 23.3 Å². The van der Waals surface area contributed by atoms with E-state index >= 15 is 0 Å². The lowest BCUT2D eigenvalue weighted by atomic mass is 10.1. The number of ether oxygens (including phenoxy) is 1. The summed E-state index contributed by atoms with van der Waals surface area (Å²) in [6.07, 6.45) is 0.873. The molecule has 1 fully saturated rings. The van der Waals surface area contributed by atoms with Crippen LogP contribution in [0.15, 0.2) is 84.9 Å². The molecule has 1 unspecified atom stereocenters. The lowest BCUT2D eigenvalue weighted by molar-refractivity contribution is -0.129. The van der Waals surface area contributed by atoms with E-state index in [1.54, 1.807) is 29.2 Å². The van der Waals surface area contributed by atoms with E-state index < -0.39 is 11.8 Å². The van der Waals surface area contributed by atoms with Crippen LogP contribution in [0.1, 0.15) is 27.9 Å². The number of hydrazine groups is 1. The first kappa shape index (κ1) is 25.8. The van der Waals surface area contributed by atoms with Gasteiger partial charge in [-0.2, -0.15) is 0 Å². The third-order valence-corrected chi connectivity index (χ3v) is 6.13. The maximum Gasteiger partial charge on any atom is 0.257 e. The van der Waals surface area contributed by atoms with Crippen molar-refractivity contribution in [2.45, 2.75) is 19.4 Å². The summed E-state index contributed by atoms with van der Waals surface area (Å²) in [6.45, 7) is 1.26. The van der Waals surface area contributed by atoms with Gasteiger partial charge in [0.1, 0.15) is 5.75 Å². The zero-order valence-corrected chi connectivity index (χ0v) is 21.0. The van der Waals surface area contributed by atoms with Gasteiger partial charge in [0.05, 0.1) is 12.5 Å². The van der Waals surface area contributed by atoms with Gasteiger partial charge in [0.2, 0.25) is 11.8 Å². The molecule has 0 bridgehead atoms. The molecule has 1 aliphatic heterocycles. The SMILES string of the molecule is O=C(NC(=S)NNC(=O)C1CC(=O)N(Cc2ccccc2)C1)c1cccc(OCCc2ccccc2)c1. The molecular formula is C28H28N4O4S. The van der Waals surface area contributed by atoms with Gasteiger partial charge in [-0.15, -0.1) is 0 Å². The van der Waals surface area contributed by atoms with Crippen molar-refractivity contribution < 1.29 is 19.1 Å². The van der Waals surface area contributed by atoms with Crippen LogP contribution in [0, 0.1) is 5.92 Å². The van der Waals surface area contributed by atoms with Gasteiger partial charge in [-0.3, -0.25) is 30.6 Å². The van der Waals surface area contributed by atoms with Crippen LogP contribution in [0.5, 0.6) is 5.75 Å². The second kappa shape index (κ2) is 12.6. The number of amides is 3. The van der Waals surface area contributed by atoms with Crippen molar-refractivity contribution in [3.05, 3.63) is 102 Å². The Bertz CT molecular complexity index is 1250. The van der Waals surface area contributed by atoms with Crippen molar-refractivity contribution in [1.29, 1.82) is 0 Å². The molecule has 0 radical (unpaired) electrons. The monoisotopic (exact) mass is 516 g/mol. The normalized spacial score (nSPS) is 14.6. The minimum Gasteiger partial charge on any atom is -0.493 e. The first-order valence-corrected chi connectivity index (χ1v) is 12.4. The molecule has 3 aromatic rings. The Hall–Kier alpha value is -4.24. The topological polar surface area (TPSA) is 99.8 Å². The van der Waals surface area contributed by atoms with Crippen molar-refractivity contribution in [3.8, 4) is 5.75 Å². The summed E-state index contributed by atoms with van der Waals surface area (Å²) >= 11 is 5.15. The number of hydrogen-bond donors (Lipinski definition) is 3. The zero-order valence-electron chi connectivity index (χ0n) is 20.2. The van der Waals surface area contributed by atoms with E-state index in [1.807, 2.05) is 60.7 Å². The number of rotatable bonds is 8. The van der Waals surface area contributed by atoms with Crippen LogP contribution in [0.3, 0.4) is 0 Å². The van der Waals surface area contributed by atoms with Gasteiger partial charge in [0.25, 0.3) is 5.91 Å². The summed E-state index contributed by atoms with van der Waals surface area (Å²) in [5, 5.41) is 2.48. The van der Waals surface area contributed by atoms with E-state index in [0.29, 0.717) is 31.0 Å². The van der Waals surface area contributed by atoms with Crippen LogP contribution in [-0.2, 0) is 22.6 Å². The standard InChI is InChI=1S/C28H28N4O4S/c33-25-17-23(19-32(25)18-21-10-5-2-6-11-21)27(35)30-31-28(37)29-26(34)22-12-7-13-24(16-22)36-15-14-20-8-3-1-4-9-20/h1-13,16,23H,14-15,17-19H2,(H,30,35)(H2,29,31,34,37). The molecule has 190 valence electrons. The minimum absolute atomic E-state index is 0.0563. The van der Waals surface area contributed by atoms with Gasteiger partial charge in [-0.25, -0.2) is 0 Å². The molecule has 1 saturated heterocycles. The van der Waals surface area contributed by atoms with Crippen LogP contribution < -0.4 is 20.9 Å². The maximum absolute atomic E-state index is 12.6. The van der Waals surface area contributed by atoms with Gasteiger partial charge < -0.3 is 9.64 Å². The zero-order chi connectivity index (χ0) is 26.0. The van der Waals surface area contributed by atoms with Crippen LogP contribution in [0.25, 0.3) is 0 Å². The van der Waals surface area contributed by atoms with Crippen LogP contribution >= 0.6 is 12.2 Å². The number of carbonyl (C=O) groups is 3. The van der Waals surface area contributed by atoms with Crippen molar-refractivity contribution in [1.82, 2.24) is 21.1 Å². The Balaban J connectivity index is 1.20. The molecule has 0 spiro atoms. The highest BCUT2D eigenvalue weighted by Gasteiger charge is 2.34. The summed E-state index contributed by atoms with van der Waals surface area (Å²) < 4.78 is 5.78. The minimum atomic E-state index is -0.507. The molecule has 37 heavy (non-hydrogen) atoms. The first-order valence-electron chi connectivity index (χ1n) is 12.0. The third-order valence-electron chi connectivity index (χ3n) is 5.93. The number of nitrogens with one attached hydrogen (secondary N) is 3. The second-order valence-corrected chi connectivity index (χ2v) is 9.08. The number of likely N-dealkylation sites (tertiary alicyclic amines) is 1. The van der Waals surface area contributed by atoms with Gasteiger partial charge in [0, 0.05) is 31.5 Å². The second-order valence-electron chi connectivity index (χ2n) is 8.67. The Kier molecular flexibility index (Phi) is 8.83. The highest BCUT2D eigenvalue weighted by molar-refractivity contribution is 7.80. The lowest BCUT2D eigenvalue weighted by Gasteiger charge is -2.17. The molecule has 8 nitrogen and oxygen atoms in total. The third kappa shape index (κ3) is 7.62. The number of thiocarbonyl (C=S) groups is 1. The van der Waals surface area contributed by atoms with Crippen LogP contribution in [0.2, 0.25) is 0 Å². The maximum atomic E-state index is 12.6. The molecule has 0 saturated carbocycles. The van der Waals surface area contributed by atoms with Crippen molar-refractivity contribution in [2.75, 3.05) is 13.2 Å². The van der Waals surface area contributed by atoms with E-state index in [9.17, 15) is 14.4 Å². The predicted molar refractivity (Wildman–Crippen MR) is 143 cm³/mol. The molecule has 1 aliphatic rings. The summed E-state index contributed by atoms with van der Waals surface area (Å²) in [6, 6.07) is 26.4. The van der Waals surface area contributed by atoms with Gasteiger partial charge in [0.15, 0.2) is 5.11 Å². The molecule has 1 heterocycles. The van der Waals surface area contributed by atoms with E-state index in [0.717, 1.165) is 12.0 Å². The fraction of sp³-hybridized carbons (Fsp3) is 0.214. The highest BCUT2D eigenvalue weighted by Crippen LogP contribution is 2.20. The molecule has 0 aromatic heterocycles. The fourth-order valence-electron chi connectivity index (χ4n) is 3.99. The average molecular weight is 517 g/mol.